The molecule has 1 nitrogen and oxygen atoms in total. The van der Waals surface area contributed by atoms with Gasteiger partial charge < -0.3 is 5.32 Å². The summed E-state index contributed by atoms with van der Waals surface area (Å²) in [5.41, 5.74) is 4.55. The first kappa shape index (κ1) is 15.0. The predicted octanol–water partition coefficient (Wildman–Crippen LogP) is 4.71. The molecule has 0 saturated heterocycles. The number of nitrogens with one attached hydrogen (secondary N) is 1. The molecule has 1 N–H and O–H groups in total. The summed E-state index contributed by atoms with van der Waals surface area (Å²) in [5, 5.41) is 4.04. The van der Waals surface area contributed by atoms with Crippen LogP contribution in [-0.2, 0) is 0 Å². The molecule has 0 amide bonds. The lowest BCUT2D eigenvalue weighted by Crippen LogP contribution is -2.19. The predicted molar refractivity (Wildman–Crippen MR) is 83.0 cm³/mol. The summed E-state index contributed by atoms with van der Waals surface area (Å²) >= 11 is 6.20. The minimum absolute atomic E-state index is 0.00620. The van der Waals surface area contributed by atoms with Gasteiger partial charge in [0.05, 0.1) is 6.04 Å². The first-order chi connectivity index (χ1) is 9.45. The largest absolute Gasteiger partial charge is 0.309 e. The average molecular weight is 292 g/mol. The summed E-state index contributed by atoms with van der Waals surface area (Å²) in [5.74, 6) is -0.133. The van der Waals surface area contributed by atoms with Crippen LogP contribution in [0.5, 0.6) is 0 Å². The molecule has 0 heterocycles. The van der Waals surface area contributed by atoms with Gasteiger partial charge in [0.25, 0.3) is 0 Å². The van der Waals surface area contributed by atoms with Crippen molar-refractivity contribution in [2.75, 3.05) is 7.05 Å². The molecule has 106 valence electrons. The summed E-state index contributed by atoms with van der Waals surface area (Å²) in [4.78, 5) is 0. The van der Waals surface area contributed by atoms with Crippen molar-refractivity contribution in [1.29, 1.82) is 0 Å². The molecule has 0 saturated carbocycles. The smallest absolute Gasteiger partial charge is 0.129 e. The topological polar surface area (TPSA) is 12.0 Å². The maximum absolute atomic E-state index is 13.8. The molecule has 2 aromatic carbocycles. The molecule has 0 aliphatic carbocycles. The van der Waals surface area contributed by atoms with E-state index in [9.17, 15) is 4.39 Å². The summed E-state index contributed by atoms with van der Waals surface area (Å²) in [6, 6.07) is 9.67. The van der Waals surface area contributed by atoms with E-state index in [4.69, 9.17) is 11.6 Å². The number of rotatable bonds is 3. The standard InChI is InChI=1S/C17H19ClFN/c1-10-8-13(9-11(2)16(10)19)17(20-4)14-6-5-7-15(18)12(14)3/h5-9,17,20H,1-4H3. The van der Waals surface area contributed by atoms with Gasteiger partial charge in [-0.25, -0.2) is 4.39 Å². The highest BCUT2D eigenvalue weighted by Crippen LogP contribution is 2.30. The minimum Gasteiger partial charge on any atom is -0.309 e. The van der Waals surface area contributed by atoms with Gasteiger partial charge >= 0.3 is 0 Å². The van der Waals surface area contributed by atoms with Gasteiger partial charge in [-0.05, 0) is 61.7 Å². The van der Waals surface area contributed by atoms with Crippen LogP contribution < -0.4 is 5.32 Å². The average Bonchev–Trinajstić information content (AvgIpc) is 2.41. The van der Waals surface area contributed by atoms with Crippen LogP contribution in [0.3, 0.4) is 0 Å². The van der Waals surface area contributed by atoms with Crippen LogP contribution in [0.25, 0.3) is 0 Å². The highest BCUT2D eigenvalue weighted by molar-refractivity contribution is 6.31. The molecule has 1 unspecified atom stereocenters. The molecule has 3 heteroatoms. The second-order valence-corrected chi connectivity index (χ2v) is 5.55. The molecule has 2 aromatic rings. The van der Waals surface area contributed by atoms with Crippen molar-refractivity contribution in [3.8, 4) is 0 Å². The lowest BCUT2D eigenvalue weighted by atomic mass is 9.93. The number of benzene rings is 2. The highest BCUT2D eigenvalue weighted by atomic mass is 35.5. The van der Waals surface area contributed by atoms with E-state index in [0.29, 0.717) is 11.1 Å². The third-order valence-corrected chi connectivity index (χ3v) is 4.11. The zero-order valence-electron chi connectivity index (χ0n) is 12.2. The van der Waals surface area contributed by atoms with Crippen LogP contribution in [0.1, 0.15) is 33.9 Å². The van der Waals surface area contributed by atoms with Crippen molar-refractivity contribution in [2.45, 2.75) is 26.8 Å². The SMILES string of the molecule is CNC(c1cc(C)c(F)c(C)c1)c1cccc(Cl)c1C. The van der Waals surface area contributed by atoms with E-state index in [0.717, 1.165) is 21.7 Å². The van der Waals surface area contributed by atoms with E-state index < -0.39 is 0 Å². The molecule has 0 aromatic heterocycles. The Morgan fingerprint density at radius 3 is 2.25 bits per heavy atom. The van der Waals surface area contributed by atoms with Gasteiger partial charge in [-0.15, -0.1) is 0 Å². The second-order valence-electron chi connectivity index (χ2n) is 5.14. The molecule has 0 bridgehead atoms. The monoisotopic (exact) mass is 291 g/mol. The van der Waals surface area contributed by atoms with Gasteiger partial charge in [0.15, 0.2) is 0 Å². The Morgan fingerprint density at radius 2 is 1.70 bits per heavy atom. The summed E-state index contributed by atoms with van der Waals surface area (Å²) < 4.78 is 13.8. The Balaban J connectivity index is 2.55. The molecule has 0 fully saturated rings. The summed E-state index contributed by atoms with van der Waals surface area (Å²) in [7, 11) is 1.90. The Morgan fingerprint density at radius 1 is 1.10 bits per heavy atom. The van der Waals surface area contributed by atoms with Gasteiger partial charge in [-0.1, -0.05) is 35.9 Å². The van der Waals surface area contributed by atoms with Crippen LogP contribution in [-0.4, -0.2) is 7.05 Å². The molecule has 1 atom stereocenters. The van der Waals surface area contributed by atoms with Crippen molar-refractivity contribution in [3.05, 3.63) is 69.0 Å². The van der Waals surface area contributed by atoms with Gasteiger partial charge in [0.2, 0.25) is 0 Å². The van der Waals surface area contributed by atoms with E-state index >= 15 is 0 Å². The Bertz CT molecular complexity index is 614. The maximum Gasteiger partial charge on any atom is 0.129 e. The molecular formula is C17H19ClFN. The van der Waals surface area contributed by atoms with Crippen LogP contribution in [0.15, 0.2) is 30.3 Å². The highest BCUT2D eigenvalue weighted by Gasteiger charge is 2.17. The van der Waals surface area contributed by atoms with Crippen LogP contribution in [0.4, 0.5) is 4.39 Å². The first-order valence-corrected chi connectivity index (χ1v) is 7.02. The number of aryl methyl sites for hydroxylation is 2. The lowest BCUT2D eigenvalue weighted by molar-refractivity contribution is 0.604. The lowest BCUT2D eigenvalue weighted by Gasteiger charge is -2.21. The number of halogens is 2. The normalized spacial score (nSPS) is 12.5. The fourth-order valence-electron chi connectivity index (χ4n) is 2.58. The number of hydrogen-bond donors (Lipinski definition) is 1. The first-order valence-electron chi connectivity index (χ1n) is 6.64. The second kappa shape index (κ2) is 5.94. The maximum atomic E-state index is 13.8. The van der Waals surface area contributed by atoms with Crippen molar-refractivity contribution < 1.29 is 4.39 Å². The van der Waals surface area contributed by atoms with Gasteiger partial charge in [-0.2, -0.15) is 0 Å². The van der Waals surface area contributed by atoms with E-state index in [-0.39, 0.29) is 11.9 Å². The quantitative estimate of drug-likeness (QED) is 0.863. The third-order valence-electron chi connectivity index (χ3n) is 3.70. The van der Waals surface area contributed by atoms with E-state index in [1.54, 1.807) is 13.8 Å². The molecule has 0 aliphatic rings. The Hall–Kier alpha value is -1.38. The zero-order valence-corrected chi connectivity index (χ0v) is 13.0. The third kappa shape index (κ3) is 2.72. The zero-order chi connectivity index (χ0) is 14.9. The molecule has 0 aliphatic heterocycles. The number of hydrogen-bond acceptors (Lipinski definition) is 1. The van der Waals surface area contributed by atoms with Crippen LogP contribution >= 0.6 is 11.6 Å². The molecule has 20 heavy (non-hydrogen) atoms. The fraction of sp³-hybridized carbons (Fsp3) is 0.294. The summed E-state index contributed by atoms with van der Waals surface area (Å²) in [6.07, 6.45) is 0. The molecule has 0 radical (unpaired) electrons. The molecule has 0 spiro atoms. The van der Waals surface area contributed by atoms with Crippen LogP contribution in [0, 0.1) is 26.6 Å². The fourth-order valence-corrected chi connectivity index (χ4v) is 2.77. The van der Waals surface area contributed by atoms with Crippen molar-refractivity contribution in [1.82, 2.24) is 5.32 Å². The summed E-state index contributed by atoms with van der Waals surface area (Å²) in [6.45, 7) is 5.60. The van der Waals surface area contributed by atoms with Gasteiger partial charge in [0.1, 0.15) is 5.82 Å². The van der Waals surface area contributed by atoms with Crippen molar-refractivity contribution >= 4 is 11.6 Å². The van der Waals surface area contributed by atoms with Gasteiger partial charge in [-0.3, -0.25) is 0 Å². The van der Waals surface area contributed by atoms with Crippen LogP contribution in [0.2, 0.25) is 5.02 Å². The molecular weight excluding hydrogens is 273 g/mol. The Labute approximate surface area is 124 Å². The van der Waals surface area contributed by atoms with Gasteiger partial charge in [0, 0.05) is 5.02 Å². The minimum atomic E-state index is -0.133. The van der Waals surface area contributed by atoms with E-state index in [2.05, 4.69) is 11.4 Å². The van der Waals surface area contributed by atoms with E-state index in [1.807, 2.05) is 38.2 Å². The van der Waals surface area contributed by atoms with E-state index in [1.165, 1.54) is 0 Å². The molecule has 2 rings (SSSR count). The van der Waals surface area contributed by atoms with Crippen molar-refractivity contribution in [2.24, 2.45) is 0 Å². The Kier molecular flexibility index (Phi) is 4.46. The van der Waals surface area contributed by atoms with Crippen molar-refractivity contribution in [3.63, 3.8) is 0 Å².